The van der Waals surface area contributed by atoms with Crippen molar-refractivity contribution >= 4 is 27.7 Å². The van der Waals surface area contributed by atoms with E-state index in [0.717, 1.165) is 17.0 Å². The number of ketones is 1. The van der Waals surface area contributed by atoms with Crippen LogP contribution in [0.2, 0.25) is 0 Å². The molecule has 1 aliphatic heterocycles. The average Bonchev–Trinajstić information content (AvgIpc) is 2.90. The second-order valence-electron chi connectivity index (χ2n) is 9.70. The molecule has 0 fully saturated rings. The van der Waals surface area contributed by atoms with Gasteiger partial charge in [-0.1, -0.05) is 19.1 Å². The van der Waals surface area contributed by atoms with E-state index < -0.39 is 11.9 Å². The van der Waals surface area contributed by atoms with Crippen molar-refractivity contribution in [1.82, 2.24) is 5.32 Å². The smallest absolute Gasteiger partial charge is 0.337 e. The lowest BCUT2D eigenvalue weighted by Gasteiger charge is -2.37. The number of allylic oxidation sites excluding steroid dienone is 3. The quantitative estimate of drug-likeness (QED) is 0.354. The highest BCUT2D eigenvalue weighted by Gasteiger charge is 2.42. The minimum absolute atomic E-state index is 0.00717. The number of Topliss-reactive ketones (excluding diaryl/α,β-unsaturated/α-hetero) is 1. The monoisotopic (exact) mass is 583 g/mol. The first kappa shape index (κ1) is 27.8. The molecule has 3 atom stereocenters. The molecule has 4 rings (SSSR count). The number of aromatic hydroxyl groups is 1. The Morgan fingerprint density at radius 2 is 1.87 bits per heavy atom. The van der Waals surface area contributed by atoms with Gasteiger partial charge in [-0.2, -0.15) is 0 Å². The van der Waals surface area contributed by atoms with Gasteiger partial charge in [-0.3, -0.25) is 4.79 Å². The van der Waals surface area contributed by atoms with Gasteiger partial charge in [0.15, 0.2) is 17.3 Å². The maximum absolute atomic E-state index is 13.8. The molecule has 202 valence electrons. The van der Waals surface area contributed by atoms with Gasteiger partial charge in [-0.15, -0.1) is 0 Å². The van der Waals surface area contributed by atoms with Crippen LogP contribution < -0.4 is 14.8 Å². The van der Waals surface area contributed by atoms with Crippen LogP contribution in [0, 0.1) is 0 Å². The van der Waals surface area contributed by atoms with Crippen LogP contribution in [0.4, 0.5) is 0 Å². The lowest BCUT2D eigenvalue weighted by atomic mass is 9.71. The van der Waals surface area contributed by atoms with Gasteiger partial charge in [0.1, 0.15) is 5.75 Å². The van der Waals surface area contributed by atoms with Gasteiger partial charge in [-0.25, -0.2) is 4.79 Å². The Morgan fingerprint density at radius 3 is 2.50 bits per heavy atom. The minimum Gasteiger partial charge on any atom is -0.503 e. The van der Waals surface area contributed by atoms with E-state index in [1.165, 1.54) is 0 Å². The summed E-state index contributed by atoms with van der Waals surface area (Å²) in [6.07, 6.45) is 1.33. The van der Waals surface area contributed by atoms with Gasteiger partial charge in [0.2, 0.25) is 0 Å². The van der Waals surface area contributed by atoms with E-state index in [-0.39, 0.29) is 29.3 Å². The summed E-state index contributed by atoms with van der Waals surface area (Å²) in [4.78, 5) is 27.3. The Balaban J connectivity index is 1.82. The number of dihydropyridines is 1. The summed E-state index contributed by atoms with van der Waals surface area (Å²) >= 11 is 3.42. The van der Waals surface area contributed by atoms with Crippen LogP contribution in [0.25, 0.3) is 0 Å². The molecule has 2 aromatic rings. The number of carbonyl (C=O) groups excluding carboxylic acids is 2. The van der Waals surface area contributed by atoms with E-state index >= 15 is 0 Å². The standard InChI is InChI=1S/C30H34BrNO6/c1-6-16(3)38-30(35)26-17(4)32-23-13-19(18-8-10-21(36-5)11-9-18)14-24(33)28(23)27(26)20-12-22(31)29(34)25(15-20)37-7-2/h8-12,15-16,19,27,32,34H,6-7,13-14H2,1-5H3/t16-,19+,27-/m0/s1. The van der Waals surface area contributed by atoms with Crippen LogP contribution in [-0.4, -0.2) is 36.7 Å². The number of benzene rings is 2. The molecule has 2 aromatic carbocycles. The zero-order valence-electron chi connectivity index (χ0n) is 22.4. The molecule has 0 bridgehead atoms. The molecule has 0 radical (unpaired) electrons. The fourth-order valence-corrected chi connectivity index (χ4v) is 5.57. The van der Waals surface area contributed by atoms with Crippen molar-refractivity contribution in [2.75, 3.05) is 13.7 Å². The van der Waals surface area contributed by atoms with Crippen molar-refractivity contribution < 1.29 is 28.9 Å². The van der Waals surface area contributed by atoms with Gasteiger partial charge in [0.05, 0.1) is 29.9 Å². The maximum Gasteiger partial charge on any atom is 0.337 e. The third-order valence-electron chi connectivity index (χ3n) is 7.20. The van der Waals surface area contributed by atoms with Crippen LogP contribution >= 0.6 is 15.9 Å². The molecule has 38 heavy (non-hydrogen) atoms. The highest BCUT2D eigenvalue weighted by atomic mass is 79.9. The summed E-state index contributed by atoms with van der Waals surface area (Å²) in [7, 11) is 1.62. The van der Waals surface area contributed by atoms with Crippen molar-refractivity contribution in [3.8, 4) is 17.2 Å². The molecule has 0 amide bonds. The summed E-state index contributed by atoms with van der Waals surface area (Å²) in [5.41, 5.74) is 4.11. The number of hydrogen-bond acceptors (Lipinski definition) is 7. The van der Waals surface area contributed by atoms with E-state index in [4.69, 9.17) is 14.2 Å². The highest BCUT2D eigenvalue weighted by molar-refractivity contribution is 9.10. The Hall–Kier alpha value is -3.26. The number of ether oxygens (including phenoxy) is 3. The Bertz CT molecular complexity index is 1300. The van der Waals surface area contributed by atoms with Crippen molar-refractivity contribution in [2.24, 2.45) is 0 Å². The zero-order chi connectivity index (χ0) is 27.6. The number of hydrogen-bond donors (Lipinski definition) is 2. The third-order valence-corrected chi connectivity index (χ3v) is 7.81. The molecular formula is C30H34BrNO6. The Kier molecular flexibility index (Phi) is 8.51. The van der Waals surface area contributed by atoms with Gasteiger partial charge < -0.3 is 24.6 Å². The molecule has 0 saturated heterocycles. The number of methoxy groups -OCH3 is 1. The molecule has 2 N–H and O–H groups in total. The fourth-order valence-electron chi connectivity index (χ4n) is 5.11. The largest absolute Gasteiger partial charge is 0.503 e. The maximum atomic E-state index is 13.8. The first-order valence-corrected chi connectivity index (χ1v) is 13.7. The van der Waals surface area contributed by atoms with E-state index in [1.807, 2.05) is 52.0 Å². The fraction of sp³-hybridized carbons (Fsp3) is 0.400. The summed E-state index contributed by atoms with van der Waals surface area (Å²) in [6, 6.07) is 11.2. The minimum atomic E-state index is -0.664. The van der Waals surface area contributed by atoms with E-state index in [0.29, 0.717) is 52.7 Å². The first-order chi connectivity index (χ1) is 18.2. The summed E-state index contributed by atoms with van der Waals surface area (Å²) in [5, 5.41) is 13.9. The topological polar surface area (TPSA) is 94.1 Å². The summed E-state index contributed by atoms with van der Waals surface area (Å²) in [6.45, 7) is 7.81. The summed E-state index contributed by atoms with van der Waals surface area (Å²) in [5.74, 6) is -0.156. The molecule has 0 spiro atoms. The van der Waals surface area contributed by atoms with Gasteiger partial charge in [0.25, 0.3) is 0 Å². The molecule has 8 heteroatoms. The molecule has 1 aliphatic carbocycles. The van der Waals surface area contributed by atoms with Crippen LogP contribution in [0.3, 0.4) is 0 Å². The average molecular weight is 585 g/mol. The molecule has 0 aromatic heterocycles. The van der Waals surface area contributed by atoms with E-state index in [1.54, 1.807) is 19.2 Å². The lowest BCUT2D eigenvalue weighted by molar-refractivity contribution is -0.144. The molecule has 2 aliphatic rings. The first-order valence-electron chi connectivity index (χ1n) is 12.9. The molecule has 0 saturated carbocycles. The number of carbonyl (C=O) groups is 2. The number of phenolic OH excluding ortho intramolecular Hbond substituents is 1. The molecule has 1 heterocycles. The lowest BCUT2D eigenvalue weighted by Crippen LogP contribution is -2.36. The normalized spacial score (nSPS) is 20.0. The number of halogens is 1. The molecule has 0 unspecified atom stereocenters. The number of esters is 1. The Morgan fingerprint density at radius 1 is 1.16 bits per heavy atom. The van der Waals surface area contributed by atoms with Crippen LogP contribution in [-0.2, 0) is 14.3 Å². The van der Waals surface area contributed by atoms with Gasteiger partial charge in [0, 0.05) is 29.3 Å². The predicted molar refractivity (Wildman–Crippen MR) is 148 cm³/mol. The van der Waals surface area contributed by atoms with Crippen molar-refractivity contribution in [3.05, 3.63) is 74.5 Å². The van der Waals surface area contributed by atoms with Gasteiger partial charge >= 0.3 is 5.97 Å². The number of phenols is 1. The van der Waals surface area contributed by atoms with Crippen LogP contribution in [0.5, 0.6) is 17.2 Å². The van der Waals surface area contributed by atoms with Crippen molar-refractivity contribution in [2.45, 2.75) is 64.9 Å². The highest BCUT2D eigenvalue weighted by Crippen LogP contribution is 2.48. The van der Waals surface area contributed by atoms with Crippen molar-refractivity contribution in [1.29, 1.82) is 0 Å². The molecule has 7 nitrogen and oxygen atoms in total. The predicted octanol–water partition coefficient (Wildman–Crippen LogP) is 6.27. The van der Waals surface area contributed by atoms with E-state index in [9.17, 15) is 14.7 Å². The van der Waals surface area contributed by atoms with Gasteiger partial charge in [-0.05, 0) is 90.9 Å². The van der Waals surface area contributed by atoms with Crippen LogP contribution in [0.15, 0.2) is 63.4 Å². The van der Waals surface area contributed by atoms with E-state index in [2.05, 4.69) is 21.2 Å². The molecular weight excluding hydrogens is 550 g/mol. The van der Waals surface area contributed by atoms with Crippen molar-refractivity contribution in [3.63, 3.8) is 0 Å². The second-order valence-corrected chi connectivity index (χ2v) is 10.6. The second kappa shape index (κ2) is 11.6. The SMILES string of the molecule is CCOc1cc([C@H]2C(C(=O)O[C@@H](C)CC)=C(C)NC3=C2C(=O)C[C@H](c2ccc(OC)cc2)C3)cc(Br)c1O. The number of nitrogens with one attached hydrogen (secondary N) is 1. The number of rotatable bonds is 8. The zero-order valence-corrected chi connectivity index (χ0v) is 24.0. The Labute approximate surface area is 232 Å². The third kappa shape index (κ3) is 5.46. The van der Waals surface area contributed by atoms with Crippen LogP contribution in [0.1, 0.15) is 69.9 Å². The summed E-state index contributed by atoms with van der Waals surface area (Å²) < 4.78 is 17.1.